The van der Waals surface area contributed by atoms with Crippen LogP contribution in [0.15, 0.2) is 18.2 Å². The number of halogens is 3. The molecule has 1 fully saturated rings. The van der Waals surface area contributed by atoms with Gasteiger partial charge in [0.2, 0.25) is 0 Å². The SMILES string of the molecule is Cc1cc(CCCN2CCCCC2)cc(C(F)(F)F)c1. The van der Waals surface area contributed by atoms with Gasteiger partial charge in [-0.05, 0) is 69.9 Å². The van der Waals surface area contributed by atoms with E-state index in [2.05, 4.69) is 4.90 Å². The minimum Gasteiger partial charge on any atom is -0.303 e. The molecule has 1 aromatic rings. The summed E-state index contributed by atoms with van der Waals surface area (Å²) in [5.41, 5.74) is 0.965. The Balaban J connectivity index is 1.90. The maximum atomic E-state index is 12.8. The van der Waals surface area contributed by atoms with E-state index < -0.39 is 11.7 Å². The van der Waals surface area contributed by atoms with Crippen molar-refractivity contribution in [2.45, 2.75) is 45.2 Å². The minimum atomic E-state index is -4.24. The van der Waals surface area contributed by atoms with Gasteiger partial charge in [-0.15, -0.1) is 0 Å². The molecule has 1 nitrogen and oxygen atoms in total. The molecule has 0 unspecified atom stereocenters. The van der Waals surface area contributed by atoms with Crippen molar-refractivity contribution in [3.63, 3.8) is 0 Å². The van der Waals surface area contributed by atoms with E-state index in [9.17, 15) is 13.2 Å². The Morgan fingerprint density at radius 3 is 2.40 bits per heavy atom. The van der Waals surface area contributed by atoms with Gasteiger partial charge < -0.3 is 4.90 Å². The summed E-state index contributed by atoms with van der Waals surface area (Å²) < 4.78 is 38.3. The fraction of sp³-hybridized carbons (Fsp3) is 0.625. The average Bonchev–Trinajstić information content (AvgIpc) is 2.38. The third-order valence-corrected chi connectivity index (χ3v) is 3.85. The van der Waals surface area contributed by atoms with Gasteiger partial charge in [0.1, 0.15) is 0 Å². The van der Waals surface area contributed by atoms with Gasteiger partial charge >= 0.3 is 6.18 Å². The van der Waals surface area contributed by atoms with Crippen LogP contribution >= 0.6 is 0 Å². The third-order valence-electron chi connectivity index (χ3n) is 3.85. The van der Waals surface area contributed by atoms with Crippen molar-refractivity contribution in [2.75, 3.05) is 19.6 Å². The van der Waals surface area contributed by atoms with E-state index in [4.69, 9.17) is 0 Å². The molecule has 112 valence electrons. The van der Waals surface area contributed by atoms with E-state index in [-0.39, 0.29) is 0 Å². The number of benzene rings is 1. The number of piperidine rings is 1. The largest absolute Gasteiger partial charge is 0.416 e. The minimum absolute atomic E-state index is 0.523. The molecule has 0 aromatic heterocycles. The van der Waals surface area contributed by atoms with Crippen LogP contribution in [0.3, 0.4) is 0 Å². The summed E-state index contributed by atoms with van der Waals surface area (Å²) in [6.07, 6.45) is 1.23. The predicted molar refractivity (Wildman–Crippen MR) is 74.8 cm³/mol. The Kier molecular flexibility index (Phi) is 5.08. The Labute approximate surface area is 118 Å². The molecule has 0 bridgehead atoms. The molecule has 1 aromatic carbocycles. The molecule has 0 radical (unpaired) electrons. The summed E-state index contributed by atoms with van der Waals surface area (Å²) in [5, 5.41) is 0. The molecule has 2 rings (SSSR count). The fourth-order valence-electron chi connectivity index (χ4n) is 2.86. The molecule has 1 aliphatic rings. The molecule has 0 atom stereocenters. The van der Waals surface area contributed by atoms with Crippen LogP contribution in [0.2, 0.25) is 0 Å². The second kappa shape index (κ2) is 6.61. The number of aryl methyl sites for hydroxylation is 2. The highest BCUT2D eigenvalue weighted by molar-refractivity contribution is 5.31. The third kappa shape index (κ3) is 4.51. The zero-order valence-corrected chi connectivity index (χ0v) is 12.0. The quantitative estimate of drug-likeness (QED) is 0.791. The highest BCUT2D eigenvalue weighted by atomic mass is 19.4. The Morgan fingerprint density at radius 2 is 1.75 bits per heavy atom. The summed E-state index contributed by atoms with van der Waals surface area (Å²) in [7, 11) is 0. The molecular formula is C16H22F3N. The van der Waals surface area contributed by atoms with E-state index in [1.165, 1.54) is 31.4 Å². The van der Waals surface area contributed by atoms with Crippen LogP contribution in [0.5, 0.6) is 0 Å². The number of rotatable bonds is 4. The van der Waals surface area contributed by atoms with Crippen LogP contribution in [0.1, 0.15) is 42.4 Å². The van der Waals surface area contributed by atoms with E-state index in [0.717, 1.165) is 38.0 Å². The maximum absolute atomic E-state index is 12.8. The van der Waals surface area contributed by atoms with Crippen molar-refractivity contribution in [1.82, 2.24) is 4.90 Å². The molecule has 0 saturated carbocycles. The van der Waals surface area contributed by atoms with Gasteiger partial charge in [0.25, 0.3) is 0 Å². The lowest BCUT2D eigenvalue weighted by Crippen LogP contribution is -2.30. The number of nitrogens with zero attached hydrogens (tertiary/aromatic N) is 1. The first kappa shape index (κ1) is 15.4. The summed E-state index contributed by atoms with van der Waals surface area (Å²) >= 11 is 0. The first-order valence-corrected chi connectivity index (χ1v) is 7.35. The van der Waals surface area contributed by atoms with E-state index in [1.807, 2.05) is 6.07 Å². The van der Waals surface area contributed by atoms with Crippen molar-refractivity contribution < 1.29 is 13.2 Å². The van der Waals surface area contributed by atoms with Crippen molar-refractivity contribution >= 4 is 0 Å². The lowest BCUT2D eigenvalue weighted by atomic mass is 10.0. The Hall–Kier alpha value is -1.03. The van der Waals surface area contributed by atoms with Crippen LogP contribution in [0.25, 0.3) is 0 Å². The predicted octanol–water partition coefficient (Wildman–Crippen LogP) is 4.43. The first-order chi connectivity index (χ1) is 9.45. The number of alkyl halides is 3. The summed E-state index contributed by atoms with van der Waals surface area (Å²) in [5.74, 6) is 0. The molecule has 0 spiro atoms. The zero-order valence-electron chi connectivity index (χ0n) is 12.0. The Morgan fingerprint density at radius 1 is 1.05 bits per heavy atom. The molecule has 1 saturated heterocycles. The van der Waals surface area contributed by atoms with Gasteiger partial charge in [-0.3, -0.25) is 0 Å². The molecule has 0 aliphatic carbocycles. The lowest BCUT2D eigenvalue weighted by Gasteiger charge is -2.26. The van der Waals surface area contributed by atoms with E-state index in [0.29, 0.717) is 5.56 Å². The molecule has 20 heavy (non-hydrogen) atoms. The van der Waals surface area contributed by atoms with Gasteiger partial charge in [-0.25, -0.2) is 0 Å². The number of hydrogen-bond acceptors (Lipinski definition) is 1. The van der Waals surface area contributed by atoms with Crippen LogP contribution in [0, 0.1) is 6.92 Å². The topological polar surface area (TPSA) is 3.24 Å². The molecule has 1 aliphatic heterocycles. The Bertz CT molecular complexity index is 434. The highest BCUT2D eigenvalue weighted by Gasteiger charge is 2.30. The van der Waals surface area contributed by atoms with E-state index in [1.54, 1.807) is 6.92 Å². The van der Waals surface area contributed by atoms with Crippen molar-refractivity contribution in [3.8, 4) is 0 Å². The van der Waals surface area contributed by atoms with Gasteiger partial charge in [0.05, 0.1) is 5.56 Å². The van der Waals surface area contributed by atoms with Crippen LogP contribution in [-0.4, -0.2) is 24.5 Å². The second-order valence-corrected chi connectivity index (χ2v) is 5.71. The van der Waals surface area contributed by atoms with Crippen LogP contribution < -0.4 is 0 Å². The summed E-state index contributed by atoms with van der Waals surface area (Å²) in [6, 6.07) is 4.38. The normalized spacial score (nSPS) is 17.4. The molecule has 4 heteroatoms. The van der Waals surface area contributed by atoms with Crippen molar-refractivity contribution in [2.24, 2.45) is 0 Å². The summed E-state index contributed by atoms with van der Waals surface area (Å²) in [4.78, 5) is 2.42. The number of likely N-dealkylation sites (tertiary alicyclic amines) is 1. The fourth-order valence-corrected chi connectivity index (χ4v) is 2.86. The van der Waals surface area contributed by atoms with Gasteiger partial charge in [-0.1, -0.05) is 18.1 Å². The van der Waals surface area contributed by atoms with Crippen molar-refractivity contribution in [3.05, 3.63) is 34.9 Å². The van der Waals surface area contributed by atoms with E-state index >= 15 is 0 Å². The molecule has 0 amide bonds. The average molecular weight is 285 g/mol. The van der Waals surface area contributed by atoms with Gasteiger partial charge in [-0.2, -0.15) is 13.2 Å². The first-order valence-electron chi connectivity index (χ1n) is 7.35. The van der Waals surface area contributed by atoms with Crippen molar-refractivity contribution in [1.29, 1.82) is 0 Å². The smallest absolute Gasteiger partial charge is 0.303 e. The second-order valence-electron chi connectivity index (χ2n) is 5.71. The maximum Gasteiger partial charge on any atom is 0.416 e. The zero-order chi connectivity index (χ0) is 14.6. The highest BCUT2D eigenvalue weighted by Crippen LogP contribution is 2.30. The monoisotopic (exact) mass is 285 g/mol. The number of hydrogen-bond donors (Lipinski definition) is 0. The summed E-state index contributed by atoms with van der Waals surface area (Å²) in [6.45, 7) is 5.00. The van der Waals surface area contributed by atoms with Gasteiger partial charge in [0, 0.05) is 0 Å². The standard InChI is InChI=1S/C16H22F3N/c1-13-10-14(12-15(11-13)16(17,18)19)6-5-9-20-7-3-2-4-8-20/h10-12H,2-9H2,1H3. The van der Waals surface area contributed by atoms with Crippen LogP contribution in [0.4, 0.5) is 13.2 Å². The van der Waals surface area contributed by atoms with Crippen LogP contribution in [-0.2, 0) is 12.6 Å². The lowest BCUT2D eigenvalue weighted by molar-refractivity contribution is -0.137. The molecule has 1 heterocycles. The molecular weight excluding hydrogens is 263 g/mol. The van der Waals surface area contributed by atoms with Gasteiger partial charge in [0.15, 0.2) is 0 Å². The molecule has 0 N–H and O–H groups in total.